The summed E-state index contributed by atoms with van der Waals surface area (Å²) >= 11 is 0. The van der Waals surface area contributed by atoms with Gasteiger partial charge < -0.3 is 14.8 Å². The van der Waals surface area contributed by atoms with Gasteiger partial charge in [-0.05, 0) is 55.9 Å². The number of carbonyl (C=O) groups is 2. The van der Waals surface area contributed by atoms with E-state index in [2.05, 4.69) is 10.2 Å². The van der Waals surface area contributed by atoms with E-state index in [0.717, 1.165) is 47.7 Å². The minimum absolute atomic E-state index is 0.0676. The van der Waals surface area contributed by atoms with Gasteiger partial charge in [-0.3, -0.25) is 9.59 Å². The predicted molar refractivity (Wildman–Crippen MR) is 99.8 cm³/mol. The highest BCUT2D eigenvalue weighted by atomic mass is 16.2. The molecule has 0 bridgehead atoms. The van der Waals surface area contributed by atoms with Crippen LogP contribution in [-0.2, 0) is 11.8 Å². The third-order valence-electron chi connectivity index (χ3n) is 6.11. The lowest BCUT2D eigenvalue weighted by Crippen LogP contribution is -2.43. The van der Waals surface area contributed by atoms with Crippen molar-refractivity contribution >= 4 is 22.7 Å². The molecule has 5 heteroatoms. The summed E-state index contributed by atoms with van der Waals surface area (Å²) in [6, 6.07) is 8.45. The zero-order valence-electron chi connectivity index (χ0n) is 15.0. The lowest BCUT2D eigenvalue weighted by molar-refractivity contribution is -0.116. The number of amides is 2. The van der Waals surface area contributed by atoms with Gasteiger partial charge in [-0.1, -0.05) is 6.07 Å². The van der Waals surface area contributed by atoms with Gasteiger partial charge >= 0.3 is 0 Å². The summed E-state index contributed by atoms with van der Waals surface area (Å²) in [5, 5.41) is 3.95. The molecule has 1 atom stereocenters. The van der Waals surface area contributed by atoms with Crippen LogP contribution in [0.3, 0.4) is 0 Å². The number of rotatable bonds is 3. The highest BCUT2D eigenvalue weighted by Crippen LogP contribution is 2.38. The Balaban J connectivity index is 1.50. The smallest absolute Gasteiger partial charge is 0.255 e. The first kappa shape index (κ1) is 15.7. The van der Waals surface area contributed by atoms with Crippen LogP contribution < -0.4 is 5.32 Å². The SMILES string of the molecule is Cn1ccc2c(C(=O)N(C3CC3)C3CCC4=C(C3)C(=O)NC4)cccc21. The first-order valence-electron chi connectivity index (χ1n) is 9.49. The van der Waals surface area contributed by atoms with Gasteiger partial charge in [0.15, 0.2) is 0 Å². The van der Waals surface area contributed by atoms with Crippen molar-refractivity contribution in [2.75, 3.05) is 6.54 Å². The Morgan fingerprint density at radius 2 is 2.04 bits per heavy atom. The lowest BCUT2D eigenvalue weighted by Gasteiger charge is -2.35. The molecule has 1 N–H and O–H groups in total. The van der Waals surface area contributed by atoms with E-state index >= 15 is 0 Å². The summed E-state index contributed by atoms with van der Waals surface area (Å²) in [6.45, 7) is 0.696. The molecule has 1 saturated carbocycles. The average Bonchev–Trinajstić information content (AvgIpc) is 3.32. The normalized spacial score (nSPS) is 22.5. The summed E-state index contributed by atoms with van der Waals surface area (Å²) in [4.78, 5) is 27.7. The Labute approximate surface area is 152 Å². The molecule has 2 aromatic rings. The van der Waals surface area contributed by atoms with Crippen molar-refractivity contribution in [1.82, 2.24) is 14.8 Å². The minimum Gasteiger partial charge on any atom is -0.351 e. The summed E-state index contributed by atoms with van der Waals surface area (Å²) < 4.78 is 2.05. The van der Waals surface area contributed by atoms with E-state index in [1.54, 1.807) is 0 Å². The second-order valence-electron chi connectivity index (χ2n) is 7.77. The van der Waals surface area contributed by atoms with Crippen molar-refractivity contribution in [2.45, 2.75) is 44.2 Å². The van der Waals surface area contributed by atoms with Crippen molar-refractivity contribution in [1.29, 1.82) is 0 Å². The van der Waals surface area contributed by atoms with E-state index in [1.807, 2.05) is 42.1 Å². The maximum atomic E-state index is 13.5. The van der Waals surface area contributed by atoms with Crippen molar-refractivity contribution < 1.29 is 9.59 Å². The van der Waals surface area contributed by atoms with Crippen LogP contribution in [0.1, 0.15) is 42.5 Å². The maximum Gasteiger partial charge on any atom is 0.255 e. The van der Waals surface area contributed by atoms with Crippen molar-refractivity contribution in [3.8, 4) is 0 Å². The maximum absolute atomic E-state index is 13.5. The molecular formula is C21H23N3O2. The van der Waals surface area contributed by atoms with Crippen LogP contribution in [0, 0.1) is 0 Å². The fourth-order valence-electron chi connectivity index (χ4n) is 4.56. The predicted octanol–water partition coefficient (Wildman–Crippen LogP) is 2.76. The fourth-order valence-corrected chi connectivity index (χ4v) is 4.56. The number of hydrogen-bond donors (Lipinski definition) is 1. The third kappa shape index (κ3) is 2.37. The van der Waals surface area contributed by atoms with Crippen LogP contribution in [-0.4, -0.2) is 39.9 Å². The molecule has 1 aromatic heterocycles. The van der Waals surface area contributed by atoms with Gasteiger partial charge in [0, 0.05) is 53.9 Å². The average molecular weight is 349 g/mol. The van der Waals surface area contributed by atoms with E-state index in [-0.39, 0.29) is 17.9 Å². The van der Waals surface area contributed by atoms with Crippen LogP contribution in [0.4, 0.5) is 0 Å². The molecule has 2 aliphatic carbocycles. The zero-order valence-corrected chi connectivity index (χ0v) is 15.0. The highest BCUT2D eigenvalue weighted by Gasteiger charge is 2.41. The molecule has 5 nitrogen and oxygen atoms in total. The molecule has 0 saturated heterocycles. The molecule has 2 heterocycles. The molecule has 3 aliphatic rings. The van der Waals surface area contributed by atoms with E-state index in [0.29, 0.717) is 19.0 Å². The number of aromatic nitrogens is 1. The first-order valence-corrected chi connectivity index (χ1v) is 9.49. The van der Waals surface area contributed by atoms with E-state index in [9.17, 15) is 9.59 Å². The Kier molecular flexibility index (Phi) is 3.45. The Hall–Kier alpha value is -2.56. The van der Waals surface area contributed by atoms with Gasteiger partial charge in [0.1, 0.15) is 0 Å². The number of aryl methyl sites for hydroxylation is 1. The number of nitrogens with one attached hydrogen (secondary N) is 1. The quantitative estimate of drug-likeness (QED) is 0.926. The van der Waals surface area contributed by atoms with E-state index in [4.69, 9.17) is 0 Å². The number of carbonyl (C=O) groups excluding carboxylic acids is 2. The van der Waals surface area contributed by atoms with Gasteiger partial charge in [-0.2, -0.15) is 0 Å². The lowest BCUT2D eigenvalue weighted by atomic mass is 9.88. The largest absolute Gasteiger partial charge is 0.351 e. The third-order valence-corrected chi connectivity index (χ3v) is 6.11. The van der Waals surface area contributed by atoms with Crippen molar-refractivity contribution in [3.05, 3.63) is 47.2 Å². The molecule has 5 rings (SSSR count). The molecule has 1 aliphatic heterocycles. The zero-order chi connectivity index (χ0) is 17.8. The molecule has 1 aromatic carbocycles. The number of fused-ring (bicyclic) bond motifs is 1. The number of nitrogens with zero attached hydrogens (tertiary/aromatic N) is 2. The van der Waals surface area contributed by atoms with Crippen LogP contribution in [0.5, 0.6) is 0 Å². The van der Waals surface area contributed by atoms with Gasteiger partial charge in [0.05, 0.1) is 0 Å². The summed E-state index contributed by atoms with van der Waals surface area (Å²) in [7, 11) is 2.00. The van der Waals surface area contributed by atoms with Gasteiger partial charge in [-0.15, -0.1) is 0 Å². The van der Waals surface area contributed by atoms with Gasteiger partial charge in [0.2, 0.25) is 5.91 Å². The van der Waals surface area contributed by atoms with Crippen LogP contribution in [0.2, 0.25) is 0 Å². The topological polar surface area (TPSA) is 54.3 Å². The molecule has 1 fully saturated rings. The molecule has 134 valence electrons. The first-order chi connectivity index (χ1) is 12.6. The van der Waals surface area contributed by atoms with Crippen LogP contribution in [0.25, 0.3) is 10.9 Å². The molecule has 1 unspecified atom stereocenters. The van der Waals surface area contributed by atoms with E-state index < -0.39 is 0 Å². The molecule has 0 radical (unpaired) electrons. The standard InChI is InChI=1S/C21H23N3O2/c1-23-10-9-16-17(3-2-4-19(16)23)21(26)24(14-7-8-14)15-6-5-13-12-22-20(25)18(13)11-15/h2-4,9-10,14-15H,5-8,11-12H2,1H3,(H,22,25). The number of benzene rings is 1. The summed E-state index contributed by atoms with van der Waals surface area (Å²) in [5.74, 6) is 0.190. The Bertz CT molecular complexity index is 951. The molecular weight excluding hydrogens is 326 g/mol. The molecule has 2 amide bonds. The Morgan fingerprint density at radius 3 is 2.85 bits per heavy atom. The number of hydrogen-bond acceptors (Lipinski definition) is 2. The fraction of sp³-hybridized carbons (Fsp3) is 0.429. The van der Waals surface area contributed by atoms with E-state index in [1.165, 1.54) is 5.57 Å². The van der Waals surface area contributed by atoms with Crippen LogP contribution >= 0.6 is 0 Å². The monoisotopic (exact) mass is 349 g/mol. The minimum atomic E-state index is 0.0676. The second-order valence-corrected chi connectivity index (χ2v) is 7.77. The van der Waals surface area contributed by atoms with Crippen LogP contribution in [0.15, 0.2) is 41.6 Å². The van der Waals surface area contributed by atoms with Crippen molar-refractivity contribution in [2.24, 2.45) is 7.05 Å². The molecule has 0 spiro atoms. The summed E-state index contributed by atoms with van der Waals surface area (Å²) in [6.07, 6.45) is 6.74. The molecule has 26 heavy (non-hydrogen) atoms. The Morgan fingerprint density at radius 1 is 1.19 bits per heavy atom. The van der Waals surface area contributed by atoms with Gasteiger partial charge in [-0.25, -0.2) is 0 Å². The van der Waals surface area contributed by atoms with Crippen molar-refractivity contribution in [3.63, 3.8) is 0 Å². The summed E-state index contributed by atoms with van der Waals surface area (Å²) in [5.41, 5.74) is 4.04. The highest BCUT2D eigenvalue weighted by molar-refractivity contribution is 6.07. The second kappa shape index (κ2) is 5.73. The van der Waals surface area contributed by atoms with Gasteiger partial charge in [0.25, 0.3) is 5.91 Å².